The number of Topliss-reactive ketones (excluding diaryl/α,β-unsaturated/α-hetero) is 1. The van der Waals surface area contributed by atoms with Crippen molar-refractivity contribution in [3.05, 3.63) is 11.6 Å². The van der Waals surface area contributed by atoms with Crippen molar-refractivity contribution in [2.45, 2.75) is 105 Å². The summed E-state index contributed by atoms with van der Waals surface area (Å²) in [6.07, 6.45) is 12.6. The van der Waals surface area contributed by atoms with Gasteiger partial charge in [0.05, 0.1) is 11.7 Å². The highest BCUT2D eigenvalue weighted by molar-refractivity contribution is 5.84. The van der Waals surface area contributed by atoms with Gasteiger partial charge in [-0.3, -0.25) is 4.79 Å². The number of ketones is 1. The van der Waals surface area contributed by atoms with E-state index in [4.69, 9.17) is 4.74 Å². The van der Waals surface area contributed by atoms with Crippen LogP contribution < -0.4 is 0 Å². The van der Waals surface area contributed by atoms with E-state index in [1.54, 1.807) is 5.57 Å². The molecule has 30 heavy (non-hydrogen) atoms. The topological polar surface area (TPSA) is 29.6 Å². The molecule has 0 aromatic heterocycles. The number of epoxide rings is 1. The van der Waals surface area contributed by atoms with Crippen LogP contribution in [-0.4, -0.2) is 17.5 Å². The monoisotopic (exact) mass is 410 g/mol. The van der Waals surface area contributed by atoms with Gasteiger partial charge in [0.2, 0.25) is 0 Å². The standard InChI is InChI=1S/C28H42O2/c1-25(2)18-12-14-28(6)22(30-28)10-7-16(15-20(18)25)17-8-9-21(29)24-23-19(26(23,3)4)11-13-27(17,24)5/h15,17-20,22-24H,7-14H2,1-6H3/b16-15+/t17-,18+,19+,20-,22+,23+,24-,27-,28+/m0/s1. The van der Waals surface area contributed by atoms with Gasteiger partial charge in [0, 0.05) is 12.3 Å². The van der Waals surface area contributed by atoms with Gasteiger partial charge < -0.3 is 4.74 Å². The zero-order valence-electron chi connectivity index (χ0n) is 20.1. The number of hydrogen-bond donors (Lipinski definition) is 0. The van der Waals surface area contributed by atoms with Crippen molar-refractivity contribution in [1.29, 1.82) is 0 Å². The van der Waals surface area contributed by atoms with E-state index in [1.165, 1.54) is 38.5 Å². The molecule has 1 aliphatic heterocycles. The van der Waals surface area contributed by atoms with Gasteiger partial charge in [-0.25, -0.2) is 0 Å². The molecule has 1 saturated heterocycles. The summed E-state index contributed by atoms with van der Waals surface area (Å²) in [4.78, 5) is 13.2. The second-order valence-electron chi connectivity index (χ2n) is 13.7. The van der Waals surface area contributed by atoms with Crippen molar-refractivity contribution < 1.29 is 9.53 Å². The van der Waals surface area contributed by atoms with E-state index in [0.29, 0.717) is 40.5 Å². The van der Waals surface area contributed by atoms with E-state index in [2.05, 4.69) is 47.6 Å². The van der Waals surface area contributed by atoms with Gasteiger partial charge in [-0.2, -0.15) is 0 Å². The number of carbonyl (C=O) groups is 1. The van der Waals surface area contributed by atoms with E-state index in [-0.39, 0.29) is 11.0 Å². The Morgan fingerprint density at radius 1 is 0.867 bits per heavy atom. The van der Waals surface area contributed by atoms with Crippen LogP contribution in [0.15, 0.2) is 11.6 Å². The van der Waals surface area contributed by atoms with E-state index in [1.807, 2.05) is 0 Å². The van der Waals surface area contributed by atoms with Gasteiger partial charge in [0.1, 0.15) is 5.78 Å². The summed E-state index contributed by atoms with van der Waals surface area (Å²) in [6.45, 7) is 14.7. The second-order valence-corrected chi connectivity index (χ2v) is 13.7. The lowest BCUT2D eigenvalue weighted by molar-refractivity contribution is -0.136. The maximum absolute atomic E-state index is 13.2. The molecular formula is C28H42O2. The fraction of sp³-hybridized carbons (Fsp3) is 0.893. The zero-order chi connectivity index (χ0) is 21.3. The van der Waals surface area contributed by atoms with Gasteiger partial charge >= 0.3 is 0 Å². The third-order valence-electron chi connectivity index (χ3n) is 11.7. The minimum atomic E-state index is 0.150. The number of carbonyl (C=O) groups excluding carboxylic acids is 1. The lowest BCUT2D eigenvalue weighted by Gasteiger charge is -2.50. The van der Waals surface area contributed by atoms with Crippen molar-refractivity contribution >= 4 is 5.78 Å². The average molecular weight is 411 g/mol. The predicted molar refractivity (Wildman–Crippen MR) is 120 cm³/mol. The Bertz CT molecular complexity index is 820. The first-order valence-corrected chi connectivity index (χ1v) is 12.9. The molecule has 0 amide bonds. The molecule has 6 aliphatic rings. The van der Waals surface area contributed by atoms with Crippen molar-refractivity contribution in [1.82, 2.24) is 0 Å². The molecule has 166 valence electrons. The van der Waals surface area contributed by atoms with E-state index < -0.39 is 0 Å². The quantitative estimate of drug-likeness (QED) is 0.361. The first kappa shape index (κ1) is 20.0. The minimum absolute atomic E-state index is 0.150. The Labute approximate surface area is 183 Å². The van der Waals surface area contributed by atoms with Gasteiger partial charge in [-0.1, -0.05) is 46.3 Å². The van der Waals surface area contributed by atoms with Crippen LogP contribution in [0.2, 0.25) is 0 Å². The molecule has 4 saturated carbocycles. The van der Waals surface area contributed by atoms with Crippen LogP contribution in [0, 0.1) is 51.8 Å². The van der Waals surface area contributed by atoms with E-state index in [0.717, 1.165) is 30.6 Å². The number of rotatable bonds is 1. The summed E-state index contributed by atoms with van der Waals surface area (Å²) in [5.74, 6) is 4.51. The predicted octanol–water partition coefficient (Wildman–Crippen LogP) is 6.58. The molecule has 0 N–H and O–H groups in total. The van der Waals surface area contributed by atoms with Crippen molar-refractivity contribution in [3.63, 3.8) is 0 Å². The third-order valence-corrected chi connectivity index (χ3v) is 11.7. The Morgan fingerprint density at radius 3 is 2.37 bits per heavy atom. The molecule has 0 aromatic rings. The highest BCUT2D eigenvalue weighted by Gasteiger charge is 2.70. The molecule has 0 unspecified atom stereocenters. The van der Waals surface area contributed by atoms with E-state index >= 15 is 0 Å². The third kappa shape index (κ3) is 2.55. The molecule has 0 bridgehead atoms. The summed E-state index contributed by atoms with van der Waals surface area (Å²) in [7, 11) is 0. The Morgan fingerprint density at radius 2 is 1.60 bits per heavy atom. The molecule has 5 fully saturated rings. The molecule has 2 heteroatoms. The summed E-state index contributed by atoms with van der Waals surface area (Å²) >= 11 is 0. The molecule has 0 aromatic carbocycles. The SMILES string of the molecule is CC1(C)[C@@H]2[C@H]1CC[C@@]1(C)[C@H](/C3=C/[C@H]4[C@@H](CC[C@@]5(C)O[C@@H]5CC3)C4(C)C)CCC(=O)[C@@H]21. The van der Waals surface area contributed by atoms with Crippen molar-refractivity contribution in [2.75, 3.05) is 0 Å². The Hall–Kier alpha value is -0.630. The van der Waals surface area contributed by atoms with Crippen LogP contribution in [0.25, 0.3) is 0 Å². The number of fused-ring (bicyclic) bond motifs is 5. The fourth-order valence-electron chi connectivity index (χ4n) is 9.26. The summed E-state index contributed by atoms with van der Waals surface area (Å²) in [6, 6.07) is 0. The normalized spacial score (nSPS) is 56.9. The second kappa shape index (κ2) is 5.83. The minimum Gasteiger partial charge on any atom is -0.366 e. The zero-order valence-corrected chi connectivity index (χ0v) is 20.1. The highest BCUT2D eigenvalue weighted by Crippen LogP contribution is 2.74. The number of ether oxygens (including phenoxy) is 1. The largest absolute Gasteiger partial charge is 0.366 e. The van der Waals surface area contributed by atoms with Gasteiger partial charge in [-0.15, -0.1) is 0 Å². The van der Waals surface area contributed by atoms with Crippen LogP contribution in [0.5, 0.6) is 0 Å². The molecule has 9 atom stereocenters. The molecule has 1 heterocycles. The van der Waals surface area contributed by atoms with Crippen LogP contribution in [0.1, 0.15) is 92.9 Å². The van der Waals surface area contributed by atoms with Gasteiger partial charge in [-0.05, 0) is 97.7 Å². The van der Waals surface area contributed by atoms with Crippen LogP contribution in [0.4, 0.5) is 0 Å². The number of hydrogen-bond acceptors (Lipinski definition) is 2. The molecule has 0 spiro atoms. The smallest absolute Gasteiger partial charge is 0.136 e. The Kier molecular flexibility index (Phi) is 3.89. The summed E-state index contributed by atoms with van der Waals surface area (Å²) in [5.41, 5.74) is 2.88. The average Bonchev–Trinajstić information content (AvgIpc) is 3.57. The Balaban J connectivity index is 1.35. The molecule has 0 radical (unpaired) electrons. The molecular weight excluding hydrogens is 368 g/mol. The van der Waals surface area contributed by atoms with Gasteiger partial charge in [0.25, 0.3) is 0 Å². The first-order valence-electron chi connectivity index (χ1n) is 12.9. The lowest BCUT2D eigenvalue weighted by atomic mass is 9.52. The van der Waals surface area contributed by atoms with Crippen LogP contribution >= 0.6 is 0 Å². The molecule has 5 aliphatic carbocycles. The molecule has 6 rings (SSSR count). The van der Waals surface area contributed by atoms with Crippen LogP contribution in [0.3, 0.4) is 0 Å². The first-order chi connectivity index (χ1) is 14.0. The summed E-state index contributed by atoms with van der Waals surface area (Å²) in [5, 5.41) is 0. The summed E-state index contributed by atoms with van der Waals surface area (Å²) < 4.78 is 6.23. The van der Waals surface area contributed by atoms with E-state index in [9.17, 15) is 4.79 Å². The molecule has 2 nitrogen and oxygen atoms in total. The van der Waals surface area contributed by atoms with Crippen LogP contribution in [-0.2, 0) is 9.53 Å². The van der Waals surface area contributed by atoms with Crippen molar-refractivity contribution in [3.8, 4) is 0 Å². The number of allylic oxidation sites excluding steroid dienone is 2. The van der Waals surface area contributed by atoms with Crippen molar-refractivity contribution in [2.24, 2.45) is 51.8 Å². The maximum atomic E-state index is 13.2. The maximum Gasteiger partial charge on any atom is 0.136 e. The lowest BCUT2D eigenvalue weighted by Crippen LogP contribution is -2.48. The van der Waals surface area contributed by atoms with Gasteiger partial charge in [0.15, 0.2) is 0 Å². The highest BCUT2D eigenvalue weighted by atomic mass is 16.6. The fourth-order valence-corrected chi connectivity index (χ4v) is 9.26.